The van der Waals surface area contributed by atoms with Gasteiger partial charge in [0.2, 0.25) is 0 Å². The van der Waals surface area contributed by atoms with E-state index in [-0.39, 0.29) is 13.0 Å². The van der Waals surface area contributed by atoms with Gasteiger partial charge in [-0.05, 0) is 6.42 Å². The number of aliphatic hydroxyl groups is 1. The molecule has 0 aromatic carbocycles. The number of halogens is 3. The molecule has 2 N–H and O–H groups in total. The summed E-state index contributed by atoms with van der Waals surface area (Å²) in [5.74, 6) is 0. The Kier molecular flexibility index (Phi) is 7.18. The first-order valence-corrected chi connectivity index (χ1v) is 5.01. The molecule has 0 spiro atoms. The molecule has 13 heavy (non-hydrogen) atoms. The number of aliphatic hydroxyl groups excluding tert-OH is 1. The average Bonchev–Trinajstić information content (AvgIpc) is 1.77. The Morgan fingerprint density at radius 2 is 1.62 bits per heavy atom. The number of hydrogen-bond donors (Lipinski definition) is 2. The molecule has 0 fully saturated rings. The van der Waals surface area contributed by atoms with E-state index < -0.39 is 22.7 Å². The molecular weight excluding hydrogens is 213 g/mol. The molecule has 0 saturated carbocycles. The summed E-state index contributed by atoms with van der Waals surface area (Å²) in [6, 6.07) is 0. The number of alkyl halides is 3. The van der Waals surface area contributed by atoms with Crippen molar-refractivity contribution in [3.63, 3.8) is 0 Å². The van der Waals surface area contributed by atoms with Crippen LogP contribution in [0, 0.1) is 0 Å². The van der Waals surface area contributed by atoms with Crippen molar-refractivity contribution in [1.82, 2.24) is 0 Å². The largest absolute Gasteiger partial charge is 0.396 e. The zero-order valence-electron chi connectivity index (χ0n) is 6.87. The molecular formula is C5H11F3O4S. The van der Waals surface area contributed by atoms with Gasteiger partial charge in [0.1, 0.15) is 0 Å². The van der Waals surface area contributed by atoms with Crippen molar-refractivity contribution in [2.75, 3.05) is 12.9 Å². The fraction of sp³-hybridized carbons (Fsp3) is 1.00. The van der Waals surface area contributed by atoms with Crippen LogP contribution in [0.3, 0.4) is 0 Å². The Hall–Kier alpha value is -0.340. The number of hydrogen-bond acceptors (Lipinski definition) is 3. The van der Waals surface area contributed by atoms with Crippen LogP contribution in [0.5, 0.6) is 0 Å². The second-order valence-corrected chi connectivity index (χ2v) is 3.64. The third-order valence-corrected chi connectivity index (χ3v) is 0.618. The molecule has 0 unspecified atom stereocenters. The molecule has 0 amide bonds. The lowest BCUT2D eigenvalue weighted by Crippen LogP contribution is -2.07. The maximum absolute atomic E-state index is 11.1. The highest BCUT2D eigenvalue weighted by molar-refractivity contribution is 7.85. The fourth-order valence-corrected chi connectivity index (χ4v) is 0.280. The van der Waals surface area contributed by atoms with Crippen LogP contribution < -0.4 is 0 Å². The van der Waals surface area contributed by atoms with E-state index in [2.05, 4.69) is 0 Å². The van der Waals surface area contributed by atoms with E-state index in [0.717, 1.165) is 0 Å². The normalized spacial score (nSPS) is 11.8. The smallest absolute Gasteiger partial charge is 0.389 e. The average molecular weight is 224 g/mol. The van der Waals surface area contributed by atoms with Crippen LogP contribution in [0.4, 0.5) is 13.2 Å². The maximum atomic E-state index is 11.1. The maximum Gasteiger partial charge on any atom is 0.389 e. The third kappa shape index (κ3) is 50.1. The highest BCUT2D eigenvalue weighted by atomic mass is 32.2. The van der Waals surface area contributed by atoms with Crippen LogP contribution in [0.25, 0.3) is 0 Å². The monoisotopic (exact) mass is 224 g/mol. The molecule has 0 rings (SSSR count). The van der Waals surface area contributed by atoms with Crippen LogP contribution in [-0.4, -0.2) is 37.1 Å². The van der Waals surface area contributed by atoms with E-state index >= 15 is 0 Å². The van der Waals surface area contributed by atoms with Gasteiger partial charge in [-0.1, -0.05) is 0 Å². The van der Waals surface area contributed by atoms with Crippen molar-refractivity contribution < 1.29 is 31.2 Å². The molecule has 0 saturated heterocycles. The van der Waals surface area contributed by atoms with Gasteiger partial charge in [0, 0.05) is 13.0 Å². The molecule has 0 bridgehead atoms. The van der Waals surface area contributed by atoms with Gasteiger partial charge in [-0.25, -0.2) is 0 Å². The predicted molar refractivity (Wildman–Crippen MR) is 39.8 cm³/mol. The quantitative estimate of drug-likeness (QED) is 0.681. The van der Waals surface area contributed by atoms with Gasteiger partial charge in [0.25, 0.3) is 10.1 Å². The molecule has 0 heterocycles. The van der Waals surface area contributed by atoms with Crippen LogP contribution in [-0.2, 0) is 10.1 Å². The predicted octanol–water partition coefficient (Wildman–Crippen LogP) is 0.825. The Labute approximate surface area is 74.1 Å². The van der Waals surface area contributed by atoms with E-state index in [4.69, 9.17) is 9.66 Å². The standard InChI is InChI=1S/C4H7F3O.CH4O3S/c5-4(6,7)2-1-3-8;1-5(2,3)4/h8H,1-3H2;1H3,(H,2,3,4). The van der Waals surface area contributed by atoms with Crippen molar-refractivity contribution in [3.05, 3.63) is 0 Å². The molecule has 82 valence electrons. The lowest BCUT2D eigenvalue weighted by molar-refractivity contribution is -0.136. The van der Waals surface area contributed by atoms with Crippen molar-refractivity contribution in [3.8, 4) is 0 Å². The lowest BCUT2D eigenvalue weighted by Gasteiger charge is -2.01. The van der Waals surface area contributed by atoms with Gasteiger partial charge < -0.3 is 5.11 Å². The third-order valence-electron chi connectivity index (χ3n) is 0.618. The molecule has 4 nitrogen and oxygen atoms in total. The summed E-state index contributed by atoms with van der Waals surface area (Å²) in [7, 11) is -3.67. The second kappa shape index (κ2) is 6.17. The van der Waals surface area contributed by atoms with Crippen molar-refractivity contribution >= 4 is 10.1 Å². The minimum Gasteiger partial charge on any atom is -0.396 e. The summed E-state index contributed by atoms with van der Waals surface area (Å²) < 4.78 is 59.3. The minimum atomic E-state index is -4.11. The molecule has 0 aromatic rings. The summed E-state index contributed by atoms with van der Waals surface area (Å²) >= 11 is 0. The summed E-state index contributed by atoms with van der Waals surface area (Å²) in [5, 5.41) is 7.93. The van der Waals surface area contributed by atoms with Crippen molar-refractivity contribution in [2.24, 2.45) is 0 Å². The Balaban J connectivity index is 0. The molecule has 0 radical (unpaired) electrons. The highest BCUT2D eigenvalue weighted by Crippen LogP contribution is 2.20. The van der Waals surface area contributed by atoms with E-state index in [9.17, 15) is 21.6 Å². The molecule has 0 aliphatic carbocycles. The van der Waals surface area contributed by atoms with Crippen molar-refractivity contribution in [2.45, 2.75) is 19.0 Å². The topological polar surface area (TPSA) is 74.6 Å². The zero-order valence-corrected chi connectivity index (χ0v) is 7.69. The van der Waals surface area contributed by atoms with Crippen LogP contribution in [0.2, 0.25) is 0 Å². The van der Waals surface area contributed by atoms with Crippen LogP contribution >= 0.6 is 0 Å². The fourth-order valence-electron chi connectivity index (χ4n) is 0.280. The highest BCUT2D eigenvalue weighted by Gasteiger charge is 2.25. The molecule has 0 aromatic heterocycles. The first-order valence-electron chi connectivity index (χ1n) is 3.16. The Bertz CT molecular complexity index is 200. The van der Waals surface area contributed by atoms with Crippen molar-refractivity contribution in [1.29, 1.82) is 0 Å². The molecule has 0 aliphatic heterocycles. The summed E-state index contributed by atoms with van der Waals surface area (Å²) in [4.78, 5) is 0. The first kappa shape index (κ1) is 15.1. The minimum absolute atomic E-state index is 0.191. The second-order valence-electron chi connectivity index (χ2n) is 2.18. The number of rotatable bonds is 2. The van der Waals surface area contributed by atoms with Gasteiger partial charge in [-0.15, -0.1) is 0 Å². The first-order chi connectivity index (χ1) is 5.56. The lowest BCUT2D eigenvalue weighted by atomic mass is 10.3. The van der Waals surface area contributed by atoms with E-state index in [1.54, 1.807) is 0 Å². The van der Waals surface area contributed by atoms with E-state index in [0.29, 0.717) is 6.26 Å². The SMILES string of the molecule is CS(=O)(=O)O.OCCCC(F)(F)F. The van der Waals surface area contributed by atoms with Gasteiger partial charge in [-0.2, -0.15) is 21.6 Å². The van der Waals surface area contributed by atoms with Gasteiger partial charge in [-0.3, -0.25) is 4.55 Å². The Morgan fingerprint density at radius 3 is 1.69 bits per heavy atom. The van der Waals surface area contributed by atoms with E-state index in [1.807, 2.05) is 0 Å². The van der Waals surface area contributed by atoms with Crippen LogP contribution in [0.15, 0.2) is 0 Å². The summed E-state index contributed by atoms with van der Waals surface area (Å²) in [5.41, 5.74) is 0. The zero-order chi connectivity index (χ0) is 11.1. The van der Waals surface area contributed by atoms with Gasteiger partial charge in [0.05, 0.1) is 6.26 Å². The molecule has 8 heteroatoms. The van der Waals surface area contributed by atoms with Crippen LogP contribution in [0.1, 0.15) is 12.8 Å². The molecule has 0 aliphatic rings. The van der Waals surface area contributed by atoms with Gasteiger partial charge in [0.15, 0.2) is 0 Å². The Morgan fingerprint density at radius 1 is 1.31 bits per heavy atom. The van der Waals surface area contributed by atoms with Gasteiger partial charge >= 0.3 is 6.18 Å². The summed E-state index contributed by atoms with van der Waals surface area (Å²) in [6.45, 7) is -0.389. The molecule has 0 atom stereocenters. The van der Waals surface area contributed by atoms with E-state index in [1.165, 1.54) is 0 Å². The summed E-state index contributed by atoms with van der Waals surface area (Å²) in [6.07, 6.45) is -4.47.